The number of hydrogen-bond donors (Lipinski definition) is 0. The van der Waals surface area contributed by atoms with E-state index in [0.717, 1.165) is 66.3 Å². The zero-order valence-corrected chi connectivity index (χ0v) is 21.1. The molecule has 178 valence electrons. The van der Waals surface area contributed by atoms with E-state index < -0.39 is 0 Å². The van der Waals surface area contributed by atoms with Gasteiger partial charge in [-0.2, -0.15) is 0 Å². The van der Waals surface area contributed by atoms with E-state index in [1.807, 2.05) is 56.4 Å². The van der Waals surface area contributed by atoms with Gasteiger partial charge in [-0.3, -0.25) is 4.79 Å². The van der Waals surface area contributed by atoms with E-state index in [9.17, 15) is 4.79 Å². The van der Waals surface area contributed by atoms with E-state index in [2.05, 4.69) is 34.9 Å². The van der Waals surface area contributed by atoms with E-state index in [0.29, 0.717) is 12.1 Å². The normalized spacial score (nSPS) is 14.3. The van der Waals surface area contributed by atoms with Crippen LogP contribution in [0.15, 0.2) is 65.8 Å². The molecule has 0 atom stereocenters. The zero-order valence-electron chi connectivity index (χ0n) is 20.3. The molecule has 0 bridgehead atoms. The lowest BCUT2D eigenvalue weighted by atomic mass is 10.1. The van der Waals surface area contributed by atoms with Crippen molar-refractivity contribution in [3.05, 3.63) is 71.8 Å². The summed E-state index contributed by atoms with van der Waals surface area (Å²) in [7, 11) is 1.82. The molecule has 1 amide bonds. The van der Waals surface area contributed by atoms with Crippen LogP contribution in [0, 0.1) is 0 Å². The highest BCUT2D eigenvalue weighted by atomic mass is 32.2. The van der Waals surface area contributed by atoms with Crippen molar-refractivity contribution in [3.8, 4) is 11.3 Å². The lowest BCUT2D eigenvalue weighted by Crippen LogP contribution is -2.46. The molecule has 1 aliphatic rings. The second kappa shape index (κ2) is 11.5. The minimum atomic E-state index is 0.0495. The first-order valence-corrected chi connectivity index (χ1v) is 12.9. The fourth-order valence-electron chi connectivity index (χ4n) is 3.94. The number of piperazine rings is 1. The second-order valence-corrected chi connectivity index (χ2v) is 9.43. The lowest BCUT2D eigenvalue weighted by molar-refractivity contribution is 0.0802. The Morgan fingerprint density at radius 2 is 1.68 bits per heavy atom. The predicted octanol–water partition coefficient (Wildman–Crippen LogP) is 4.67. The molecule has 2 heterocycles. The van der Waals surface area contributed by atoms with Crippen LogP contribution in [-0.4, -0.2) is 72.0 Å². The van der Waals surface area contributed by atoms with Gasteiger partial charge in [0.05, 0.1) is 5.69 Å². The maximum atomic E-state index is 12.4. The number of benzene rings is 2. The monoisotopic (exact) mass is 475 g/mol. The molecule has 0 spiro atoms. The molecular formula is C27H33N5OS. The SMILES string of the molecule is CCN1CCN(c2cc(-c3ccccc3)nc(SCc3ccc(C(=O)N(C)CC)cc3)n2)CC1. The average molecular weight is 476 g/mol. The number of likely N-dealkylation sites (N-methyl/N-ethyl adjacent to an activating group) is 1. The summed E-state index contributed by atoms with van der Waals surface area (Å²) in [5, 5.41) is 0.778. The van der Waals surface area contributed by atoms with E-state index in [-0.39, 0.29) is 5.91 Å². The summed E-state index contributed by atoms with van der Waals surface area (Å²) >= 11 is 1.64. The molecule has 2 aromatic carbocycles. The minimum absolute atomic E-state index is 0.0495. The first-order valence-electron chi connectivity index (χ1n) is 12.0. The van der Waals surface area contributed by atoms with Crippen LogP contribution >= 0.6 is 11.8 Å². The van der Waals surface area contributed by atoms with Gasteiger partial charge in [-0.05, 0) is 31.2 Å². The Labute approximate surface area is 207 Å². The maximum Gasteiger partial charge on any atom is 0.253 e. The fourth-order valence-corrected chi connectivity index (χ4v) is 4.75. The molecule has 1 saturated heterocycles. The van der Waals surface area contributed by atoms with Gasteiger partial charge in [0.25, 0.3) is 5.91 Å². The molecule has 0 saturated carbocycles. The lowest BCUT2D eigenvalue weighted by Gasteiger charge is -2.35. The summed E-state index contributed by atoms with van der Waals surface area (Å²) in [6.07, 6.45) is 0. The Balaban J connectivity index is 1.52. The number of rotatable bonds is 8. The van der Waals surface area contributed by atoms with Crippen molar-refractivity contribution in [2.75, 3.05) is 51.2 Å². The van der Waals surface area contributed by atoms with Crippen molar-refractivity contribution in [2.24, 2.45) is 0 Å². The standard InChI is InChI=1S/C27H33N5OS/c1-4-30(3)26(33)23-13-11-21(12-14-23)20-34-27-28-24(22-9-7-6-8-10-22)19-25(29-27)32-17-15-31(5-2)16-18-32/h6-14,19H,4-5,15-18,20H2,1-3H3. The fraction of sp³-hybridized carbons (Fsp3) is 0.370. The maximum absolute atomic E-state index is 12.4. The van der Waals surface area contributed by atoms with Gasteiger partial charge in [-0.15, -0.1) is 0 Å². The Morgan fingerprint density at radius 3 is 2.32 bits per heavy atom. The number of nitrogens with zero attached hydrogens (tertiary/aromatic N) is 5. The summed E-state index contributed by atoms with van der Waals surface area (Å²) in [6, 6.07) is 20.3. The average Bonchev–Trinajstić information content (AvgIpc) is 2.91. The molecule has 4 rings (SSSR count). The highest BCUT2D eigenvalue weighted by Gasteiger charge is 2.19. The van der Waals surface area contributed by atoms with E-state index in [1.54, 1.807) is 16.7 Å². The first kappa shape index (κ1) is 24.2. The van der Waals surface area contributed by atoms with Crippen molar-refractivity contribution < 1.29 is 4.79 Å². The largest absolute Gasteiger partial charge is 0.354 e. The molecule has 3 aromatic rings. The molecule has 1 fully saturated rings. The second-order valence-electron chi connectivity index (χ2n) is 8.49. The van der Waals surface area contributed by atoms with Crippen LogP contribution in [0.25, 0.3) is 11.3 Å². The minimum Gasteiger partial charge on any atom is -0.354 e. The quantitative estimate of drug-likeness (QED) is 0.349. The molecular weight excluding hydrogens is 442 g/mol. The predicted molar refractivity (Wildman–Crippen MR) is 140 cm³/mol. The van der Waals surface area contributed by atoms with Crippen LogP contribution in [0.2, 0.25) is 0 Å². The van der Waals surface area contributed by atoms with Gasteiger partial charge in [0.1, 0.15) is 5.82 Å². The molecule has 1 aliphatic heterocycles. The van der Waals surface area contributed by atoms with Crippen molar-refractivity contribution >= 4 is 23.5 Å². The smallest absolute Gasteiger partial charge is 0.253 e. The number of carbonyl (C=O) groups excluding carboxylic acids is 1. The third-order valence-electron chi connectivity index (χ3n) is 6.30. The zero-order chi connectivity index (χ0) is 23.9. The summed E-state index contributed by atoms with van der Waals surface area (Å²) in [6.45, 7) is 10.0. The highest BCUT2D eigenvalue weighted by molar-refractivity contribution is 7.98. The number of carbonyl (C=O) groups is 1. The van der Waals surface area contributed by atoms with Gasteiger partial charge >= 0.3 is 0 Å². The number of amides is 1. The van der Waals surface area contributed by atoms with Crippen LogP contribution in [0.4, 0.5) is 5.82 Å². The Kier molecular flexibility index (Phi) is 8.19. The van der Waals surface area contributed by atoms with Gasteiger partial charge in [0.2, 0.25) is 0 Å². The molecule has 0 radical (unpaired) electrons. The Morgan fingerprint density at radius 1 is 0.971 bits per heavy atom. The number of thioether (sulfide) groups is 1. The van der Waals surface area contributed by atoms with Crippen molar-refractivity contribution in [1.82, 2.24) is 19.8 Å². The third-order valence-corrected chi connectivity index (χ3v) is 7.21. The number of hydrogen-bond acceptors (Lipinski definition) is 6. The van der Waals surface area contributed by atoms with Crippen molar-refractivity contribution in [3.63, 3.8) is 0 Å². The number of aromatic nitrogens is 2. The molecule has 0 N–H and O–H groups in total. The molecule has 1 aromatic heterocycles. The summed E-state index contributed by atoms with van der Waals surface area (Å²) in [5.41, 5.74) is 3.92. The molecule has 34 heavy (non-hydrogen) atoms. The van der Waals surface area contributed by atoms with Crippen molar-refractivity contribution in [1.29, 1.82) is 0 Å². The van der Waals surface area contributed by atoms with E-state index in [1.165, 1.54) is 0 Å². The molecule has 6 nitrogen and oxygen atoms in total. The van der Waals surface area contributed by atoms with Gasteiger partial charge in [0, 0.05) is 62.7 Å². The van der Waals surface area contributed by atoms with Gasteiger partial charge < -0.3 is 14.7 Å². The van der Waals surface area contributed by atoms with Crippen LogP contribution in [0.1, 0.15) is 29.8 Å². The highest BCUT2D eigenvalue weighted by Crippen LogP contribution is 2.28. The van der Waals surface area contributed by atoms with E-state index in [4.69, 9.17) is 9.97 Å². The first-order chi connectivity index (χ1) is 16.6. The summed E-state index contributed by atoms with van der Waals surface area (Å²) in [5.74, 6) is 1.79. The van der Waals surface area contributed by atoms with Gasteiger partial charge in [0.15, 0.2) is 5.16 Å². The van der Waals surface area contributed by atoms with Gasteiger partial charge in [-0.25, -0.2) is 9.97 Å². The van der Waals surface area contributed by atoms with E-state index >= 15 is 0 Å². The summed E-state index contributed by atoms with van der Waals surface area (Å²) in [4.78, 5) is 28.7. The Bertz CT molecular complexity index is 1080. The third kappa shape index (κ3) is 5.96. The molecule has 0 unspecified atom stereocenters. The topological polar surface area (TPSA) is 52.6 Å². The van der Waals surface area contributed by atoms with Crippen LogP contribution < -0.4 is 4.90 Å². The molecule has 0 aliphatic carbocycles. The van der Waals surface area contributed by atoms with Crippen LogP contribution in [0.5, 0.6) is 0 Å². The molecule has 7 heteroatoms. The Hall–Kier alpha value is -2.90. The van der Waals surface area contributed by atoms with Crippen LogP contribution in [-0.2, 0) is 5.75 Å². The van der Waals surface area contributed by atoms with Crippen LogP contribution in [0.3, 0.4) is 0 Å². The number of anilines is 1. The van der Waals surface area contributed by atoms with Gasteiger partial charge in [-0.1, -0.05) is 61.2 Å². The summed E-state index contributed by atoms with van der Waals surface area (Å²) < 4.78 is 0. The van der Waals surface area contributed by atoms with Crippen molar-refractivity contribution in [2.45, 2.75) is 24.8 Å².